The molecule has 22 heavy (non-hydrogen) atoms. The average Bonchev–Trinajstić information content (AvgIpc) is 2.51. The molecule has 2 aromatic rings. The van der Waals surface area contributed by atoms with Crippen molar-refractivity contribution in [2.45, 2.75) is 13.5 Å². The van der Waals surface area contributed by atoms with Crippen LogP contribution in [0.5, 0.6) is 5.75 Å². The number of halogens is 1. The summed E-state index contributed by atoms with van der Waals surface area (Å²) >= 11 is 0. The summed E-state index contributed by atoms with van der Waals surface area (Å²) in [4.78, 5) is 11.6. The average molecular weight is 302 g/mol. The Kier molecular flexibility index (Phi) is 5.77. The first-order valence-corrected chi connectivity index (χ1v) is 7.09. The molecule has 0 spiro atoms. The van der Waals surface area contributed by atoms with Crippen molar-refractivity contribution in [3.63, 3.8) is 0 Å². The summed E-state index contributed by atoms with van der Waals surface area (Å²) in [6, 6.07) is 13.6. The fourth-order valence-electron chi connectivity index (χ4n) is 1.84. The van der Waals surface area contributed by atoms with Crippen molar-refractivity contribution in [3.8, 4) is 5.75 Å². The second kappa shape index (κ2) is 8.02. The number of aryl methyl sites for hydroxylation is 1. The van der Waals surface area contributed by atoms with Gasteiger partial charge in [-0.25, -0.2) is 9.18 Å². The Bertz CT molecular complexity index is 614. The van der Waals surface area contributed by atoms with Gasteiger partial charge < -0.3 is 15.4 Å². The summed E-state index contributed by atoms with van der Waals surface area (Å²) in [6.07, 6.45) is 0. The smallest absolute Gasteiger partial charge is 0.315 e. The van der Waals surface area contributed by atoms with E-state index >= 15 is 0 Å². The maximum Gasteiger partial charge on any atom is 0.315 e. The Hall–Kier alpha value is -2.56. The number of carbonyl (C=O) groups excluding carboxylic acids is 1. The van der Waals surface area contributed by atoms with Gasteiger partial charge in [0.15, 0.2) is 0 Å². The highest BCUT2D eigenvalue weighted by Crippen LogP contribution is 2.11. The Morgan fingerprint density at radius 2 is 1.91 bits per heavy atom. The third-order valence-corrected chi connectivity index (χ3v) is 3.03. The van der Waals surface area contributed by atoms with Crippen LogP contribution in [0.1, 0.15) is 11.1 Å². The molecule has 0 aliphatic rings. The van der Waals surface area contributed by atoms with Crippen LogP contribution in [0, 0.1) is 12.7 Å². The molecule has 0 heterocycles. The lowest BCUT2D eigenvalue weighted by Gasteiger charge is -2.09. The van der Waals surface area contributed by atoms with Crippen molar-refractivity contribution in [2.75, 3.05) is 13.2 Å². The van der Waals surface area contributed by atoms with Crippen molar-refractivity contribution >= 4 is 6.03 Å². The maximum absolute atomic E-state index is 12.9. The van der Waals surface area contributed by atoms with Gasteiger partial charge in [-0.05, 0) is 24.6 Å². The molecule has 5 heteroatoms. The van der Waals surface area contributed by atoms with Gasteiger partial charge in [0.1, 0.15) is 18.2 Å². The fourth-order valence-corrected chi connectivity index (χ4v) is 1.84. The summed E-state index contributed by atoms with van der Waals surface area (Å²) in [5.74, 6) is 0.100. The number of nitrogens with one attached hydrogen (secondary N) is 2. The molecular formula is C17H19FN2O2. The van der Waals surface area contributed by atoms with Crippen molar-refractivity contribution in [3.05, 3.63) is 65.5 Å². The Labute approximate surface area is 129 Å². The van der Waals surface area contributed by atoms with E-state index in [0.717, 1.165) is 5.56 Å². The lowest BCUT2D eigenvalue weighted by atomic mass is 10.1. The van der Waals surface area contributed by atoms with Crippen LogP contribution in [-0.4, -0.2) is 19.2 Å². The Morgan fingerprint density at radius 1 is 1.14 bits per heavy atom. The molecule has 0 radical (unpaired) electrons. The minimum atomic E-state index is -0.346. The summed E-state index contributed by atoms with van der Waals surface area (Å²) < 4.78 is 18.3. The fraction of sp³-hybridized carbons (Fsp3) is 0.235. The quantitative estimate of drug-likeness (QED) is 0.806. The number of hydrogen-bond acceptors (Lipinski definition) is 2. The van der Waals surface area contributed by atoms with Gasteiger partial charge in [0, 0.05) is 12.6 Å². The molecule has 0 aliphatic heterocycles. The molecular weight excluding hydrogens is 283 g/mol. The van der Waals surface area contributed by atoms with E-state index in [1.54, 1.807) is 12.1 Å². The predicted octanol–water partition coefficient (Wildman–Crippen LogP) is 3.01. The van der Waals surface area contributed by atoms with Crippen LogP contribution in [0.15, 0.2) is 48.5 Å². The second-order valence-corrected chi connectivity index (χ2v) is 4.90. The van der Waals surface area contributed by atoms with Gasteiger partial charge in [0.2, 0.25) is 0 Å². The van der Waals surface area contributed by atoms with E-state index in [2.05, 4.69) is 10.6 Å². The summed E-state index contributed by atoms with van der Waals surface area (Å²) in [5.41, 5.74) is 2.22. The molecule has 0 saturated heterocycles. The molecule has 2 aromatic carbocycles. The number of benzene rings is 2. The maximum atomic E-state index is 12.9. The molecule has 2 amide bonds. The van der Waals surface area contributed by atoms with Crippen LogP contribution in [0.2, 0.25) is 0 Å². The molecule has 116 valence electrons. The number of amides is 2. The van der Waals surface area contributed by atoms with Crippen molar-refractivity contribution in [2.24, 2.45) is 0 Å². The van der Waals surface area contributed by atoms with E-state index in [1.807, 2.05) is 31.2 Å². The molecule has 0 atom stereocenters. The molecule has 0 bridgehead atoms. The van der Waals surface area contributed by atoms with E-state index < -0.39 is 0 Å². The Balaban J connectivity index is 1.62. The zero-order valence-corrected chi connectivity index (χ0v) is 12.4. The van der Waals surface area contributed by atoms with Gasteiger partial charge in [0.25, 0.3) is 0 Å². The lowest BCUT2D eigenvalue weighted by molar-refractivity contribution is 0.236. The van der Waals surface area contributed by atoms with Crippen LogP contribution < -0.4 is 15.4 Å². The number of urea groups is 1. The summed E-state index contributed by atoms with van der Waals surface area (Å²) in [5, 5.41) is 5.44. The lowest BCUT2D eigenvalue weighted by Crippen LogP contribution is -2.37. The minimum absolute atomic E-state index is 0.261. The van der Waals surface area contributed by atoms with E-state index in [1.165, 1.54) is 17.7 Å². The molecule has 0 aliphatic carbocycles. The third-order valence-electron chi connectivity index (χ3n) is 3.03. The summed E-state index contributed by atoms with van der Waals surface area (Å²) in [7, 11) is 0. The van der Waals surface area contributed by atoms with E-state index in [9.17, 15) is 9.18 Å². The normalized spacial score (nSPS) is 10.1. The zero-order chi connectivity index (χ0) is 15.8. The van der Waals surface area contributed by atoms with Crippen molar-refractivity contribution < 1.29 is 13.9 Å². The zero-order valence-electron chi connectivity index (χ0n) is 12.4. The Morgan fingerprint density at radius 3 is 2.64 bits per heavy atom. The molecule has 2 N–H and O–H groups in total. The van der Waals surface area contributed by atoms with Crippen molar-refractivity contribution in [1.29, 1.82) is 0 Å². The minimum Gasteiger partial charge on any atom is -0.492 e. The highest BCUT2D eigenvalue weighted by molar-refractivity contribution is 5.73. The SMILES string of the molecule is Cc1ccc(CNC(=O)NCCOc2cccc(F)c2)cc1. The number of carbonyl (C=O) groups is 1. The van der Waals surface area contributed by atoms with E-state index in [4.69, 9.17) is 4.74 Å². The largest absolute Gasteiger partial charge is 0.492 e. The van der Waals surface area contributed by atoms with Crippen molar-refractivity contribution in [1.82, 2.24) is 10.6 Å². The highest BCUT2D eigenvalue weighted by atomic mass is 19.1. The van der Waals surface area contributed by atoms with Crippen LogP contribution >= 0.6 is 0 Å². The molecule has 4 nitrogen and oxygen atoms in total. The van der Waals surface area contributed by atoms with Gasteiger partial charge in [-0.3, -0.25) is 0 Å². The van der Waals surface area contributed by atoms with Gasteiger partial charge in [-0.2, -0.15) is 0 Å². The predicted molar refractivity (Wildman–Crippen MR) is 83.3 cm³/mol. The van der Waals surface area contributed by atoms with Crippen LogP contribution in [0.3, 0.4) is 0 Å². The van der Waals surface area contributed by atoms with Gasteiger partial charge in [-0.1, -0.05) is 35.9 Å². The molecule has 0 fully saturated rings. The van der Waals surface area contributed by atoms with E-state index in [-0.39, 0.29) is 18.5 Å². The van der Waals surface area contributed by atoms with Gasteiger partial charge >= 0.3 is 6.03 Å². The van der Waals surface area contributed by atoms with Crippen LogP contribution in [-0.2, 0) is 6.54 Å². The first-order chi connectivity index (χ1) is 10.6. The van der Waals surface area contributed by atoms with E-state index in [0.29, 0.717) is 18.8 Å². The first kappa shape index (κ1) is 15.8. The molecule has 2 rings (SSSR count). The van der Waals surface area contributed by atoms with Crippen LogP contribution in [0.25, 0.3) is 0 Å². The van der Waals surface area contributed by atoms with Gasteiger partial charge in [0.05, 0.1) is 6.54 Å². The first-order valence-electron chi connectivity index (χ1n) is 7.09. The third kappa shape index (κ3) is 5.44. The molecule has 0 unspecified atom stereocenters. The summed E-state index contributed by atoms with van der Waals surface area (Å²) in [6.45, 7) is 3.11. The van der Waals surface area contributed by atoms with Gasteiger partial charge in [-0.15, -0.1) is 0 Å². The number of ether oxygens (including phenoxy) is 1. The topological polar surface area (TPSA) is 50.4 Å². The molecule has 0 saturated carbocycles. The van der Waals surface area contributed by atoms with Crippen LogP contribution in [0.4, 0.5) is 9.18 Å². The number of rotatable bonds is 6. The highest BCUT2D eigenvalue weighted by Gasteiger charge is 2.01. The standard InChI is InChI=1S/C17H19FN2O2/c1-13-5-7-14(8-6-13)12-20-17(21)19-9-10-22-16-4-2-3-15(18)11-16/h2-8,11H,9-10,12H2,1H3,(H2,19,20,21). The number of hydrogen-bond donors (Lipinski definition) is 2. The second-order valence-electron chi connectivity index (χ2n) is 4.90. The monoisotopic (exact) mass is 302 g/mol. The molecule has 0 aromatic heterocycles.